The van der Waals surface area contributed by atoms with Crippen LogP contribution in [-0.2, 0) is 16.0 Å². The van der Waals surface area contributed by atoms with E-state index in [9.17, 15) is 14.7 Å². The lowest BCUT2D eigenvalue weighted by atomic mass is 10.1. The van der Waals surface area contributed by atoms with Crippen molar-refractivity contribution in [2.45, 2.75) is 12.5 Å². The Morgan fingerprint density at radius 3 is 2.60 bits per heavy atom. The lowest BCUT2D eigenvalue weighted by Crippen LogP contribution is -3.00. The smallest absolute Gasteiger partial charge is 0.412 e. The molecule has 1 aromatic rings. The van der Waals surface area contributed by atoms with Gasteiger partial charge in [0.1, 0.15) is 6.04 Å². The molecule has 1 aromatic carbocycles. The molecule has 0 spiro atoms. The molecule has 112 valence electrons. The van der Waals surface area contributed by atoms with E-state index in [2.05, 4.69) is 10.1 Å². The number of nitrogens with two attached hydrogens (primary N) is 1. The van der Waals surface area contributed by atoms with Gasteiger partial charge in [-0.2, -0.15) is 0 Å². The number of methoxy groups -OCH3 is 1. The molecule has 0 unspecified atom stereocenters. The Labute approximate surface area is 122 Å². The van der Waals surface area contributed by atoms with E-state index in [1.54, 1.807) is 6.07 Å². The highest BCUT2D eigenvalue weighted by Crippen LogP contribution is 2.27. The zero-order valence-corrected chi connectivity index (χ0v) is 11.8. The number of nitrogens with one attached hydrogen (secondary N) is 1. The molecule has 0 saturated carbocycles. The largest absolute Gasteiger partial charge is 1.00 e. The molecule has 0 radical (unpaired) electrons. The molecule has 8 heteroatoms. The normalized spacial score (nSPS) is 10.9. The van der Waals surface area contributed by atoms with Crippen molar-refractivity contribution < 1.29 is 36.6 Å². The van der Waals surface area contributed by atoms with Crippen molar-refractivity contribution in [2.24, 2.45) is 5.73 Å². The number of ether oxygens (including phenoxy) is 2. The van der Waals surface area contributed by atoms with Gasteiger partial charge in [0.25, 0.3) is 0 Å². The lowest BCUT2D eigenvalue weighted by Gasteiger charge is -2.11. The number of aromatic hydroxyl groups is 1. The van der Waals surface area contributed by atoms with Gasteiger partial charge in [0.05, 0.1) is 7.11 Å². The summed E-state index contributed by atoms with van der Waals surface area (Å²) in [6, 6.07) is 3.58. The van der Waals surface area contributed by atoms with Crippen LogP contribution >= 0.6 is 0 Å². The minimum atomic E-state index is -0.810. The predicted octanol–water partition coefficient (Wildman–Crippen LogP) is -2.84. The minimum absolute atomic E-state index is 0. The fraction of sp³-hybridized carbons (Fsp3) is 0.333. The van der Waals surface area contributed by atoms with E-state index in [4.69, 9.17) is 10.5 Å². The molecule has 0 aliphatic heterocycles. The summed E-state index contributed by atoms with van der Waals surface area (Å²) in [5.74, 6) is -0.724. The summed E-state index contributed by atoms with van der Waals surface area (Å²) >= 11 is 0. The molecule has 1 rings (SSSR count). The zero-order chi connectivity index (χ0) is 14.4. The van der Waals surface area contributed by atoms with Crippen LogP contribution in [0.1, 0.15) is 5.56 Å². The van der Waals surface area contributed by atoms with Crippen LogP contribution in [0.25, 0.3) is 0 Å². The highest BCUT2D eigenvalue weighted by molar-refractivity contribution is 5.75. The Morgan fingerprint density at radius 2 is 2.10 bits per heavy atom. The molecular weight excluding hydrogens is 288 g/mol. The summed E-state index contributed by atoms with van der Waals surface area (Å²) in [4.78, 5) is 22.2. The molecule has 0 bridgehead atoms. The van der Waals surface area contributed by atoms with Crippen LogP contribution in [0.4, 0.5) is 4.79 Å². The van der Waals surface area contributed by atoms with Crippen LogP contribution in [0, 0.1) is 0 Å². The fourth-order valence-corrected chi connectivity index (χ4v) is 1.42. The maximum absolute atomic E-state index is 11.2. The third-order valence-corrected chi connectivity index (χ3v) is 2.39. The first-order valence-electron chi connectivity index (χ1n) is 5.52. The SMILES string of the molecule is CNC(=O)Oc1ccc(C[C@H](N)C(=O)OC)cc1O.[Cl-]. The Bertz CT molecular complexity index is 481. The van der Waals surface area contributed by atoms with Gasteiger partial charge in [-0.25, -0.2) is 4.79 Å². The molecule has 0 aromatic heterocycles. The number of hydrogen-bond acceptors (Lipinski definition) is 6. The second kappa shape index (κ2) is 8.23. The monoisotopic (exact) mass is 303 g/mol. The van der Waals surface area contributed by atoms with E-state index in [0.29, 0.717) is 5.56 Å². The van der Waals surface area contributed by atoms with Gasteiger partial charge in [-0.05, 0) is 24.1 Å². The summed E-state index contributed by atoms with van der Waals surface area (Å²) in [6.07, 6.45) is -0.477. The van der Waals surface area contributed by atoms with Crippen LogP contribution < -0.4 is 28.2 Å². The van der Waals surface area contributed by atoms with Crippen molar-refractivity contribution in [3.05, 3.63) is 23.8 Å². The summed E-state index contributed by atoms with van der Waals surface area (Å²) in [5, 5.41) is 11.9. The molecule has 0 aliphatic rings. The number of phenolic OH excluding ortho intramolecular Hbond substituents is 1. The van der Waals surface area contributed by atoms with Crippen molar-refractivity contribution >= 4 is 12.1 Å². The fourth-order valence-electron chi connectivity index (χ4n) is 1.42. The van der Waals surface area contributed by atoms with Gasteiger partial charge in [0.15, 0.2) is 11.5 Å². The van der Waals surface area contributed by atoms with Crippen LogP contribution in [0.15, 0.2) is 18.2 Å². The number of amides is 1. The number of hydrogen-bond donors (Lipinski definition) is 3. The maximum Gasteiger partial charge on any atom is 0.412 e. The molecule has 0 aliphatic carbocycles. The number of carbonyl (C=O) groups excluding carboxylic acids is 2. The third kappa shape index (κ3) is 4.94. The Balaban J connectivity index is 0.00000361. The minimum Gasteiger partial charge on any atom is -1.00 e. The summed E-state index contributed by atoms with van der Waals surface area (Å²) in [5.41, 5.74) is 6.22. The number of halogens is 1. The van der Waals surface area contributed by atoms with Gasteiger partial charge >= 0.3 is 12.1 Å². The maximum atomic E-state index is 11.2. The van der Waals surface area contributed by atoms with Crippen LogP contribution in [0.2, 0.25) is 0 Å². The van der Waals surface area contributed by atoms with Crippen molar-refractivity contribution in [3.8, 4) is 11.5 Å². The molecule has 1 amide bonds. The van der Waals surface area contributed by atoms with Crippen molar-refractivity contribution in [1.82, 2.24) is 5.32 Å². The standard InChI is InChI=1S/C12H16N2O5.ClH/c1-14-12(17)19-10-4-3-7(6-9(10)15)5-8(13)11(16)18-2;/h3-4,6,8,15H,5,13H2,1-2H3,(H,14,17);1H/p-1/t8-;/m0./s1. The Morgan fingerprint density at radius 1 is 1.45 bits per heavy atom. The van der Waals surface area contributed by atoms with E-state index in [1.807, 2.05) is 0 Å². The van der Waals surface area contributed by atoms with E-state index in [-0.39, 0.29) is 30.3 Å². The molecule has 0 heterocycles. The number of esters is 1. The molecular formula is C12H16ClN2O5-. The summed E-state index contributed by atoms with van der Waals surface area (Å²) in [6.45, 7) is 0. The average molecular weight is 304 g/mol. The molecule has 1 atom stereocenters. The van der Waals surface area contributed by atoms with E-state index < -0.39 is 18.1 Å². The van der Waals surface area contributed by atoms with Gasteiger partial charge < -0.3 is 38.0 Å². The van der Waals surface area contributed by atoms with E-state index in [0.717, 1.165) is 0 Å². The van der Waals surface area contributed by atoms with Crippen molar-refractivity contribution in [3.63, 3.8) is 0 Å². The second-order valence-corrected chi connectivity index (χ2v) is 3.78. The first-order valence-corrected chi connectivity index (χ1v) is 5.52. The van der Waals surface area contributed by atoms with Crippen LogP contribution in [-0.4, -0.2) is 37.4 Å². The van der Waals surface area contributed by atoms with Gasteiger partial charge in [-0.15, -0.1) is 0 Å². The van der Waals surface area contributed by atoms with Crippen LogP contribution in [0.5, 0.6) is 11.5 Å². The van der Waals surface area contributed by atoms with Crippen LogP contribution in [0.3, 0.4) is 0 Å². The van der Waals surface area contributed by atoms with Gasteiger partial charge in [-0.3, -0.25) is 4.79 Å². The van der Waals surface area contributed by atoms with E-state index >= 15 is 0 Å². The Hall–Kier alpha value is -1.99. The van der Waals surface area contributed by atoms with Crippen molar-refractivity contribution in [2.75, 3.05) is 14.2 Å². The van der Waals surface area contributed by atoms with Gasteiger partial charge in [-0.1, -0.05) is 6.07 Å². The highest BCUT2D eigenvalue weighted by Gasteiger charge is 2.15. The summed E-state index contributed by atoms with van der Waals surface area (Å²) in [7, 11) is 2.66. The quantitative estimate of drug-likeness (QED) is 0.517. The number of rotatable bonds is 4. The highest BCUT2D eigenvalue weighted by atomic mass is 35.5. The zero-order valence-electron chi connectivity index (χ0n) is 11.1. The number of benzene rings is 1. The molecule has 0 saturated heterocycles. The number of phenols is 1. The molecule has 0 fully saturated rings. The lowest BCUT2D eigenvalue weighted by molar-refractivity contribution is -0.142. The van der Waals surface area contributed by atoms with Gasteiger partial charge in [0, 0.05) is 7.05 Å². The number of carbonyl (C=O) groups is 2. The topological polar surface area (TPSA) is 111 Å². The first-order chi connectivity index (χ1) is 8.97. The van der Waals surface area contributed by atoms with Gasteiger partial charge in [0.2, 0.25) is 0 Å². The molecule has 7 nitrogen and oxygen atoms in total. The molecule has 4 N–H and O–H groups in total. The molecule has 20 heavy (non-hydrogen) atoms. The predicted molar refractivity (Wildman–Crippen MR) is 66.9 cm³/mol. The average Bonchev–Trinajstić information content (AvgIpc) is 2.40. The second-order valence-electron chi connectivity index (χ2n) is 3.78. The Kier molecular flexibility index (Phi) is 7.42. The van der Waals surface area contributed by atoms with Crippen molar-refractivity contribution in [1.29, 1.82) is 0 Å². The summed E-state index contributed by atoms with van der Waals surface area (Å²) < 4.78 is 9.30. The van der Waals surface area contributed by atoms with E-state index in [1.165, 1.54) is 26.3 Å². The first kappa shape index (κ1) is 18.0. The third-order valence-electron chi connectivity index (χ3n) is 2.39.